The van der Waals surface area contributed by atoms with Crippen molar-refractivity contribution in [2.45, 2.75) is 39.3 Å². The van der Waals surface area contributed by atoms with Crippen LogP contribution in [-0.4, -0.2) is 47.8 Å². The third kappa shape index (κ3) is 4.03. The van der Waals surface area contributed by atoms with Crippen LogP contribution < -0.4 is 9.64 Å². The van der Waals surface area contributed by atoms with Crippen LogP contribution in [0, 0.1) is 13.8 Å². The van der Waals surface area contributed by atoms with E-state index in [0.29, 0.717) is 11.7 Å². The standard InChI is InChI=1S/C23H29N5O2/c1-15-8-9-20(29-5)17(11-15)14-28-10-6-7-19(28)22-18(21-12-16(2)26-30-21)13-24-23(25-22)27(3)4/h8-9,11-13,19H,6-7,10,14H2,1-5H3/t19-/m0/s1. The number of likely N-dealkylation sites (tertiary alicyclic amines) is 1. The molecule has 3 aromatic rings. The van der Waals surface area contributed by atoms with Gasteiger partial charge in [0.1, 0.15) is 5.75 Å². The molecule has 0 bridgehead atoms. The number of benzene rings is 1. The van der Waals surface area contributed by atoms with E-state index < -0.39 is 0 Å². The molecule has 158 valence electrons. The maximum absolute atomic E-state index is 5.62. The Morgan fingerprint density at radius 1 is 1.23 bits per heavy atom. The Labute approximate surface area is 177 Å². The molecule has 2 aromatic heterocycles. The number of hydrogen-bond donors (Lipinski definition) is 0. The van der Waals surface area contributed by atoms with Gasteiger partial charge in [-0.2, -0.15) is 0 Å². The zero-order valence-corrected chi connectivity index (χ0v) is 18.3. The molecule has 7 nitrogen and oxygen atoms in total. The molecular weight excluding hydrogens is 378 g/mol. The van der Waals surface area contributed by atoms with Gasteiger partial charge >= 0.3 is 0 Å². The summed E-state index contributed by atoms with van der Waals surface area (Å²) >= 11 is 0. The quantitative estimate of drug-likeness (QED) is 0.608. The largest absolute Gasteiger partial charge is 0.496 e. The molecule has 1 aliphatic rings. The molecule has 1 atom stereocenters. The number of nitrogens with zero attached hydrogens (tertiary/aromatic N) is 5. The van der Waals surface area contributed by atoms with Crippen LogP contribution in [0.25, 0.3) is 11.3 Å². The summed E-state index contributed by atoms with van der Waals surface area (Å²) < 4.78 is 11.2. The Morgan fingerprint density at radius 3 is 2.77 bits per heavy atom. The highest BCUT2D eigenvalue weighted by Crippen LogP contribution is 2.39. The molecule has 0 unspecified atom stereocenters. The highest BCUT2D eigenvalue weighted by molar-refractivity contribution is 5.61. The average Bonchev–Trinajstić information content (AvgIpc) is 3.36. The van der Waals surface area contributed by atoms with Gasteiger partial charge in [0.05, 0.1) is 30.1 Å². The van der Waals surface area contributed by atoms with Crippen LogP contribution in [0.5, 0.6) is 5.75 Å². The zero-order chi connectivity index (χ0) is 21.3. The summed E-state index contributed by atoms with van der Waals surface area (Å²) in [7, 11) is 5.65. The minimum atomic E-state index is 0.178. The normalized spacial score (nSPS) is 16.8. The average molecular weight is 408 g/mol. The molecule has 7 heteroatoms. The van der Waals surface area contributed by atoms with E-state index >= 15 is 0 Å². The molecule has 3 heterocycles. The molecule has 0 amide bonds. The smallest absolute Gasteiger partial charge is 0.225 e. The second-order valence-electron chi connectivity index (χ2n) is 8.14. The van der Waals surface area contributed by atoms with Crippen molar-refractivity contribution >= 4 is 5.95 Å². The van der Waals surface area contributed by atoms with Crippen molar-refractivity contribution in [3.8, 4) is 17.1 Å². The first kappa shape index (κ1) is 20.3. The summed E-state index contributed by atoms with van der Waals surface area (Å²) in [6.07, 6.45) is 4.02. The maximum Gasteiger partial charge on any atom is 0.225 e. The first-order valence-electron chi connectivity index (χ1n) is 10.3. The molecule has 1 fully saturated rings. The number of methoxy groups -OCH3 is 1. The SMILES string of the molecule is COc1ccc(C)cc1CN1CCC[C@H]1c1nc(N(C)C)ncc1-c1cc(C)no1. The first-order valence-corrected chi connectivity index (χ1v) is 10.3. The molecule has 30 heavy (non-hydrogen) atoms. The number of aryl methyl sites for hydroxylation is 2. The Kier molecular flexibility index (Phi) is 5.72. The molecule has 0 aliphatic carbocycles. The molecule has 0 saturated carbocycles. The maximum atomic E-state index is 5.62. The van der Waals surface area contributed by atoms with Crippen molar-refractivity contribution in [3.63, 3.8) is 0 Å². The van der Waals surface area contributed by atoms with E-state index in [4.69, 9.17) is 14.2 Å². The van der Waals surface area contributed by atoms with Crippen molar-refractivity contribution in [1.29, 1.82) is 0 Å². The zero-order valence-electron chi connectivity index (χ0n) is 18.3. The van der Waals surface area contributed by atoms with Crippen molar-refractivity contribution in [2.24, 2.45) is 0 Å². The first-order chi connectivity index (χ1) is 14.5. The Morgan fingerprint density at radius 2 is 2.07 bits per heavy atom. The van der Waals surface area contributed by atoms with E-state index in [9.17, 15) is 0 Å². The van der Waals surface area contributed by atoms with Crippen molar-refractivity contribution in [2.75, 3.05) is 32.6 Å². The Bertz CT molecular complexity index is 1030. The van der Waals surface area contributed by atoms with Crippen LogP contribution in [0.3, 0.4) is 0 Å². The molecular formula is C23H29N5O2. The summed E-state index contributed by atoms with van der Waals surface area (Å²) in [5.41, 5.74) is 5.18. The Balaban J connectivity index is 1.73. The van der Waals surface area contributed by atoms with Crippen LogP contribution >= 0.6 is 0 Å². The number of aromatic nitrogens is 3. The lowest BCUT2D eigenvalue weighted by atomic mass is 10.0. The third-order valence-corrected chi connectivity index (χ3v) is 5.59. The monoisotopic (exact) mass is 407 g/mol. The fraction of sp³-hybridized carbons (Fsp3) is 0.435. The van der Waals surface area contributed by atoms with Gasteiger partial charge in [-0.05, 0) is 39.3 Å². The molecule has 1 aromatic carbocycles. The molecule has 0 radical (unpaired) electrons. The highest BCUT2D eigenvalue weighted by Gasteiger charge is 2.31. The van der Waals surface area contributed by atoms with E-state index in [-0.39, 0.29) is 6.04 Å². The van der Waals surface area contributed by atoms with Gasteiger partial charge in [0.25, 0.3) is 0 Å². The van der Waals surface area contributed by atoms with Crippen LogP contribution in [0.1, 0.15) is 41.4 Å². The van der Waals surface area contributed by atoms with E-state index in [0.717, 1.165) is 48.6 Å². The van der Waals surface area contributed by atoms with Gasteiger partial charge in [0.2, 0.25) is 5.95 Å². The topological polar surface area (TPSA) is 67.5 Å². The minimum Gasteiger partial charge on any atom is -0.496 e. The molecule has 0 N–H and O–H groups in total. The molecule has 4 rings (SSSR count). The fourth-order valence-electron chi connectivity index (χ4n) is 4.11. The number of anilines is 1. The van der Waals surface area contributed by atoms with E-state index in [1.807, 2.05) is 44.2 Å². The van der Waals surface area contributed by atoms with Crippen LogP contribution in [0.15, 0.2) is 35.0 Å². The van der Waals surface area contributed by atoms with Gasteiger partial charge in [0, 0.05) is 38.5 Å². The second-order valence-corrected chi connectivity index (χ2v) is 8.14. The fourth-order valence-corrected chi connectivity index (χ4v) is 4.11. The highest BCUT2D eigenvalue weighted by atomic mass is 16.5. The van der Waals surface area contributed by atoms with Gasteiger partial charge in [-0.15, -0.1) is 0 Å². The lowest BCUT2D eigenvalue weighted by Gasteiger charge is -2.27. The van der Waals surface area contributed by atoms with Gasteiger partial charge < -0.3 is 14.2 Å². The summed E-state index contributed by atoms with van der Waals surface area (Å²) in [6, 6.07) is 8.47. The predicted molar refractivity (Wildman–Crippen MR) is 117 cm³/mol. The van der Waals surface area contributed by atoms with Crippen LogP contribution in [-0.2, 0) is 6.54 Å². The second kappa shape index (κ2) is 8.44. The predicted octanol–water partition coefficient (Wildman–Crippen LogP) is 4.16. The van der Waals surface area contributed by atoms with Gasteiger partial charge in [-0.1, -0.05) is 22.9 Å². The van der Waals surface area contributed by atoms with Crippen LogP contribution in [0.2, 0.25) is 0 Å². The van der Waals surface area contributed by atoms with Crippen molar-refractivity contribution < 1.29 is 9.26 Å². The Hall–Kier alpha value is -2.93. The summed E-state index contributed by atoms with van der Waals surface area (Å²) in [4.78, 5) is 13.9. The minimum absolute atomic E-state index is 0.178. The summed E-state index contributed by atoms with van der Waals surface area (Å²) in [6.45, 7) is 5.86. The van der Waals surface area contributed by atoms with Gasteiger partial charge in [-0.3, -0.25) is 4.90 Å². The number of rotatable bonds is 6. The van der Waals surface area contributed by atoms with Crippen molar-refractivity contribution in [3.05, 3.63) is 53.0 Å². The van der Waals surface area contributed by atoms with E-state index in [2.05, 4.69) is 34.1 Å². The summed E-state index contributed by atoms with van der Waals surface area (Å²) in [5.74, 6) is 2.34. The number of ether oxygens (including phenoxy) is 1. The van der Waals surface area contributed by atoms with E-state index in [1.54, 1.807) is 7.11 Å². The lowest BCUT2D eigenvalue weighted by Crippen LogP contribution is -2.25. The van der Waals surface area contributed by atoms with Gasteiger partial charge in [-0.25, -0.2) is 9.97 Å². The van der Waals surface area contributed by atoms with Gasteiger partial charge in [0.15, 0.2) is 5.76 Å². The third-order valence-electron chi connectivity index (χ3n) is 5.59. The molecule has 1 saturated heterocycles. The molecule has 0 spiro atoms. The van der Waals surface area contributed by atoms with Crippen LogP contribution in [0.4, 0.5) is 5.95 Å². The number of hydrogen-bond acceptors (Lipinski definition) is 7. The lowest BCUT2D eigenvalue weighted by molar-refractivity contribution is 0.240. The molecule has 1 aliphatic heterocycles. The van der Waals surface area contributed by atoms with E-state index in [1.165, 1.54) is 11.1 Å². The summed E-state index contributed by atoms with van der Waals surface area (Å²) in [5, 5.41) is 4.07. The van der Waals surface area contributed by atoms with Crippen molar-refractivity contribution in [1.82, 2.24) is 20.0 Å².